The molecule has 0 aromatic carbocycles. The van der Waals surface area contributed by atoms with E-state index in [1.54, 1.807) is 36.8 Å². The zero-order chi connectivity index (χ0) is 17.6. The van der Waals surface area contributed by atoms with Gasteiger partial charge in [-0.25, -0.2) is 0 Å². The van der Waals surface area contributed by atoms with Crippen molar-refractivity contribution in [1.29, 1.82) is 0 Å². The van der Waals surface area contributed by atoms with Crippen molar-refractivity contribution in [3.8, 4) is 0 Å². The summed E-state index contributed by atoms with van der Waals surface area (Å²) in [5, 5.41) is 0. The summed E-state index contributed by atoms with van der Waals surface area (Å²) in [5.74, 6) is 1.34. The molecule has 3 fully saturated rings. The van der Waals surface area contributed by atoms with E-state index in [0.717, 1.165) is 0 Å². The lowest BCUT2D eigenvalue weighted by Gasteiger charge is -2.39. The molecule has 1 saturated carbocycles. The minimum Gasteiger partial charge on any atom is -0.464 e. The maximum absolute atomic E-state index is 13.3. The molecule has 1 aliphatic carbocycles. The number of ether oxygens (including phenoxy) is 4. The normalized spacial score (nSPS) is 37.6. The summed E-state index contributed by atoms with van der Waals surface area (Å²) in [5.41, 5.74) is -1.26. The molecule has 4 heterocycles. The molecule has 2 aromatic heterocycles. The molecule has 138 valence electrons. The monoisotopic (exact) mass is 360 g/mol. The van der Waals surface area contributed by atoms with Crippen LogP contribution in [0.3, 0.4) is 0 Å². The van der Waals surface area contributed by atoms with Gasteiger partial charge in [-0.05, 0) is 37.1 Å². The van der Waals surface area contributed by atoms with Gasteiger partial charge >= 0.3 is 0 Å². The first-order valence-corrected chi connectivity index (χ1v) is 8.79. The molecule has 2 aromatic rings. The largest absolute Gasteiger partial charge is 0.464 e. The van der Waals surface area contributed by atoms with E-state index >= 15 is 0 Å². The highest BCUT2D eigenvalue weighted by Crippen LogP contribution is 2.51. The van der Waals surface area contributed by atoms with Crippen LogP contribution in [0.5, 0.6) is 0 Å². The van der Waals surface area contributed by atoms with Gasteiger partial charge in [0.2, 0.25) is 12.6 Å². The van der Waals surface area contributed by atoms with E-state index in [1.165, 1.54) is 0 Å². The fourth-order valence-corrected chi connectivity index (χ4v) is 4.12. The van der Waals surface area contributed by atoms with Gasteiger partial charge < -0.3 is 27.8 Å². The van der Waals surface area contributed by atoms with Gasteiger partial charge in [0.05, 0.1) is 49.8 Å². The van der Waals surface area contributed by atoms with Gasteiger partial charge in [-0.3, -0.25) is 4.79 Å². The van der Waals surface area contributed by atoms with Crippen LogP contribution in [-0.4, -0.2) is 32.2 Å². The number of hydrogen-bond donors (Lipinski definition) is 0. The summed E-state index contributed by atoms with van der Waals surface area (Å²) in [4.78, 5) is 13.3. The fraction of sp³-hybridized carbons (Fsp3) is 0.526. The number of Topliss-reactive ketones (excluding diaryl/α,β-unsaturated/α-hetero) is 1. The van der Waals surface area contributed by atoms with Gasteiger partial charge in [0.1, 0.15) is 0 Å². The molecule has 0 atom stereocenters. The quantitative estimate of drug-likeness (QED) is 0.814. The van der Waals surface area contributed by atoms with Crippen LogP contribution in [0.1, 0.15) is 36.9 Å². The standard InChI is InChI=1S/C19H20O7/c20-17-18(9-23-15(24-10-18)13-3-1-7-21-13)5-6-19(17)11-25-16(26-12-19)14-4-2-8-22-14/h1-4,7-8,15-16H,5-6,9-12H2. The van der Waals surface area contributed by atoms with E-state index in [4.69, 9.17) is 27.8 Å². The number of hydrogen-bond acceptors (Lipinski definition) is 7. The van der Waals surface area contributed by atoms with Crippen LogP contribution in [0.4, 0.5) is 0 Å². The van der Waals surface area contributed by atoms with E-state index in [2.05, 4.69) is 0 Å². The Kier molecular flexibility index (Phi) is 3.79. The lowest BCUT2D eigenvalue weighted by Crippen LogP contribution is -2.50. The molecule has 0 radical (unpaired) electrons. The second kappa shape index (κ2) is 6.06. The Morgan fingerprint density at radius 2 is 1.15 bits per heavy atom. The zero-order valence-corrected chi connectivity index (χ0v) is 14.2. The van der Waals surface area contributed by atoms with Crippen LogP contribution < -0.4 is 0 Å². The van der Waals surface area contributed by atoms with Crippen molar-refractivity contribution in [3.05, 3.63) is 48.3 Å². The van der Waals surface area contributed by atoms with E-state index in [9.17, 15) is 4.79 Å². The Hall–Kier alpha value is -1.93. The van der Waals surface area contributed by atoms with Gasteiger partial charge in [0.25, 0.3) is 0 Å². The zero-order valence-electron chi connectivity index (χ0n) is 14.2. The van der Waals surface area contributed by atoms with E-state index in [1.807, 2.05) is 0 Å². The molecule has 3 aliphatic rings. The van der Waals surface area contributed by atoms with Crippen molar-refractivity contribution >= 4 is 5.78 Å². The fourth-order valence-electron chi connectivity index (χ4n) is 4.12. The third-order valence-electron chi connectivity index (χ3n) is 5.64. The maximum Gasteiger partial charge on any atom is 0.217 e. The highest BCUT2D eigenvalue weighted by Gasteiger charge is 2.60. The lowest BCUT2D eigenvalue weighted by molar-refractivity contribution is -0.246. The second-order valence-corrected chi connectivity index (χ2v) is 7.33. The van der Waals surface area contributed by atoms with E-state index < -0.39 is 23.4 Å². The smallest absolute Gasteiger partial charge is 0.217 e. The van der Waals surface area contributed by atoms with Gasteiger partial charge in [0.15, 0.2) is 17.3 Å². The molecular formula is C19H20O7. The first kappa shape index (κ1) is 16.3. The number of carbonyl (C=O) groups is 1. The van der Waals surface area contributed by atoms with Crippen molar-refractivity contribution in [2.75, 3.05) is 26.4 Å². The minimum absolute atomic E-state index is 0.112. The second-order valence-electron chi connectivity index (χ2n) is 7.33. The molecule has 0 amide bonds. The Bertz CT molecular complexity index is 684. The molecule has 0 unspecified atom stereocenters. The number of furan rings is 2. The van der Waals surface area contributed by atoms with Crippen LogP contribution in [0.15, 0.2) is 45.6 Å². The van der Waals surface area contributed by atoms with Gasteiger partial charge in [-0.2, -0.15) is 0 Å². The van der Waals surface area contributed by atoms with E-state index in [-0.39, 0.29) is 5.78 Å². The molecule has 0 bridgehead atoms. The molecule has 7 nitrogen and oxygen atoms in total. The Labute approximate surface area is 150 Å². The molecule has 5 rings (SSSR count). The molecule has 0 N–H and O–H groups in total. The molecule has 2 spiro atoms. The van der Waals surface area contributed by atoms with Crippen molar-refractivity contribution in [2.45, 2.75) is 25.4 Å². The van der Waals surface area contributed by atoms with Crippen LogP contribution in [-0.2, 0) is 23.7 Å². The lowest BCUT2D eigenvalue weighted by atomic mass is 9.79. The maximum atomic E-state index is 13.3. The highest BCUT2D eigenvalue weighted by molar-refractivity contribution is 5.93. The first-order chi connectivity index (χ1) is 12.7. The summed E-state index contributed by atoms with van der Waals surface area (Å²) in [6, 6.07) is 7.18. The molecule has 2 saturated heterocycles. The molecule has 26 heavy (non-hydrogen) atoms. The Balaban J connectivity index is 1.26. The van der Waals surface area contributed by atoms with Crippen LogP contribution in [0, 0.1) is 10.8 Å². The highest BCUT2D eigenvalue weighted by atomic mass is 16.7. The summed E-state index contributed by atoms with van der Waals surface area (Å²) >= 11 is 0. The first-order valence-electron chi connectivity index (χ1n) is 8.79. The van der Waals surface area contributed by atoms with Crippen molar-refractivity contribution in [2.24, 2.45) is 10.8 Å². The molecular weight excluding hydrogens is 340 g/mol. The number of carbonyl (C=O) groups excluding carboxylic acids is 1. The van der Waals surface area contributed by atoms with E-state index in [0.29, 0.717) is 50.8 Å². The average Bonchev–Trinajstić information content (AvgIpc) is 3.43. The number of ketones is 1. The third-order valence-corrected chi connectivity index (χ3v) is 5.64. The van der Waals surface area contributed by atoms with Gasteiger partial charge in [-0.1, -0.05) is 0 Å². The van der Waals surface area contributed by atoms with Crippen LogP contribution in [0.2, 0.25) is 0 Å². The van der Waals surface area contributed by atoms with Crippen LogP contribution in [0.25, 0.3) is 0 Å². The topological polar surface area (TPSA) is 80.3 Å². The Morgan fingerprint density at radius 1 is 0.731 bits per heavy atom. The summed E-state index contributed by atoms with van der Waals surface area (Å²) in [6.07, 6.45) is 3.45. The average molecular weight is 360 g/mol. The minimum atomic E-state index is -0.632. The third kappa shape index (κ3) is 2.46. The molecule has 2 aliphatic heterocycles. The van der Waals surface area contributed by atoms with Crippen molar-refractivity contribution in [3.63, 3.8) is 0 Å². The summed E-state index contributed by atoms with van der Waals surface area (Å²) < 4.78 is 33.9. The molecule has 7 heteroatoms. The summed E-state index contributed by atoms with van der Waals surface area (Å²) in [6.45, 7) is 1.28. The number of rotatable bonds is 2. The summed E-state index contributed by atoms with van der Waals surface area (Å²) in [7, 11) is 0. The van der Waals surface area contributed by atoms with Crippen molar-refractivity contribution < 1.29 is 32.6 Å². The Morgan fingerprint density at radius 3 is 1.50 bits per heavy atom. The van der Waals surface area contributed by atoms with Crippen molar-refractivity contribution in [1.82, 2.24) is 0 Å². The SMILES string of the molecule is O=C1C2(CCC13COC(c1ccco1)OC3)COC(c1ccco1)OC2. The van der Waals surface area contributed by atoms with Crippen LogP contribution >= 0.6 is 0 Å². The predicted molar refractivity (Wildman–Crippen MR) is 85.8 cm³/mol. The predicted octanol–water partition coefficient (Wildman–Crippen LogP) is 3.00. The van der Waals surface area contributed by atoms with Gasteiger partial charge in [0, 0.05) is 0 Å². The van der Waals surface area contributed by atoms with Gasteiger partial charge in [-0.15, -0.1) is 0 Å².